The van der Waals surface area contributed by atoms with Gasteiger partial charge in [0.2, 0.25) is 5.91 Å². The summed E-state index contributed by atoms with van der Waals surface area (Å²) in [4.78, 5) is 37.3. The Bertz CT molecular complexity index is 761. The van der Waals surface area contributed by atoms with Crippen LogP contribution in [-0.4, -0.2) is 29.2 Å². The van der Waals surface area contributed by atoms with Gasteiger partial charge in [-0.15, -0.1) is 0 Å². The fraction of sp³-hybridized carbons (Fsp3) is 0.133. The topological polar surface area (TPSA) is 79.6 Å². The molecular formula is C15H10Cl2N2O4. The van der Waals surface area contributed by atoms with E-state index >= 15 is 0 Å². The minimum absolute atomic E-state index is 0.142. The lowest BCUT2D eigenvalue weighted by Gasteiger charge is -2.13. The first-order chi connectivity index (χ1) is 11.0. The molecule has 0 aliphatic carbocycles. The zero-order chi connectivity index (χ0) is 16.6. The molecule has 1 aliphatic heterocycles. The highest BCUT2D eigenvalue weighted by Crippen LogP contribution is 2.31. The molecule has 0 bridgehead atoms. The second-order valence-corrected chi connectivity index (χ2v) is 5.68. The number of hydrogen-bond donors (Lipinski definition) is 1. The highest BCUT2D eigenvalue weighted by atomic mass is 35.5. The molecule has 3 amide bonds. The van der Waals surface area contributed by atoms with E-state index in [1.165, 1.54) is 18.4 Å². The van der Waals surface area contributed by atoms with Gasteiger partial charge in [-0.05, 0) is 24.3 Å². The summed E-state index contributed by atoms with van der Waals surface area (Å²) in [6.07, 6.45) is 1.49. The van der Waals surface area contributed by atoms with Crippen molar-refractivity contribution in [3.05, 3.63) is 57.5 Å². The van der Waals surface area contributed by atoms with E-state index in [0.717, 1.165) is 4.90 Å². The number of fused-ring (bicyclic) bond motifs is 1. The van der Waals surface area contributed by atoms with Crippen molar-refractivity contribution < 1.29 is 18.8 Å². The Balaban J connectivity index is 1.71. The third-order valence-electron chi connectivity index (χ3n) is 3.35. The van der Waals surface area contributed by atoms with Gasteiger partial charge in [0.1, 0.15) is 12.3 Å². The fourth-order valence-electron chi connectivity index (χ4n) is 2.23. The minimum Gasteiger partial charge on any atom is -0.467 e. The van der Waals surface area contributed by atoms with Crippen molar-refractivity contribution in [3.8, 4) is 0 Å². The summed E-state index contributed by atoms with van der Waals surface area (Å²) >= 11 is 11.7. The number of hydrogen-bond acceptors (Lipinski definition) is 4. The Labute approximate surface area is 141 Å². The monoisotopic (exact) mass is 352 g/mol. The summed E-state index contributed by atoms with van der Waals surface area (Å²) in [7, 11) is 0. The number of imide groups is 1. The maximum atomic E-state index is 12.2. The first-order valence-corrected chi connectivity index (χ1v) is 7.37. The molecule has 0 saturated heterocycles. The number of rotatable bonds is 4. The van der Waals surface area contributed by atoms with E-state index in [9.17, 15) is 14.4 Å². The van der Waals surface area contributed by atoms with Gasteiger partial charge in [0, 0.05) is 0 Å². The molecule has 0 radical (unpaired) electrons. The average molecular weight is 353 g/mol. The molecule has 6 nitrogen and oxygen atoms in total. The van der Waals surface area contributed by atoms with Gasteiger partial charge in [-0.1, -0.05) is 23.2 Å². The van der Waals surface area contributed by atoms with E-state index in [-0.39, 0.29) is 34.3 Å². The predicted octanol–water partition coefficient (Wildman–Crippen LogP) is 2.50. The molecule has 2 heterocycles. The number of halogens is 2. The average Bonchev–Trinajstić information content (AvgIpc) is 3.11. The number of nitrogens with zero attached hydrogens (tertiary/aromatic N) is 1. The molecule has 0 unspecified atom stereocenters. The second-order valence-electron chi connectivity index (χ2n) is 4.86. The highest BCUT2D eigenvalue weighted by Gasteiger charge is 2.37. The van der Waals surface area contributed by atoms with Crippen LogP contribution in [-0.2, 0) is 11.3 Å². The number of nitrogens with one attached hydrogen (secondary N) is 1. The van der Waals surface area contributed by atoms with Crippen molar-refractivity contribution in [3.63, 3.8) is 0 Å². The summed E-state index contributed by atoms with van der Waals surface area (Å²) in [6.45, 7) is -0.213. The third kappa shape index (κ3) is 2.95. The molecule has 0 atom stereocenters. The van der Waals surface area contributed by atoms with Gasteiger partial charge >= 0.3 is 0 Å². The molecule has 0 spiro atoms. The van der Waals surface area contributed by atoms with Gasteiger partial charge in [-0.25, -0.2) is 0 Å². The Hall–Kier alpha value is -2.31. The number of benzene rings is 1. The lowest BCUT2D eigenvalue weighted by molar-refractivity contribution is -0.121. The van der Waals surface area contributed by atoms with E-state index in [0.29, 0.717) is 5.76 Å². The van der Waals surface area contributed by atoms with Crippen LogP contribution in [0.5, 0.6) is 0 Å². The van der Waals surface area contributed by atoms with Gasteiger partial charge in [0.15, 0.2) is 0 Å². The summed E-state index contributed by atoms with van der Waals surface area (Å²) in [6, 6.07) is 6.06. The number of carbonyl (C=O) groups excluding carboxylic acids is 3. The summed E-state index contributed by atoms with van der Waals surface area (Å²) in [5.41, 5.74) is 0.284. The maximum Gasteiger partial charge on any atom is 0.262 e. The molecule has 2 aromatic rings. The molecule has 1 aliphatic rings. The van der Waals surface area contributed by atoms with Crippen LogP contribution in [0.25, 0.3) is 0 Å². The van der Waals surface area contributed by atoms with Gasteiger partial charge in [-0.2, -0.15) is 0 Å². The number of furan rings is 1. The van der Waals surface area contributed by atoms with Crippen molar-refractivity contribution in [1.29, 1.82) is 0 Å². The standard InChI is InChI=1S/C15H10Cl2N2O4/c16-11-4-9-10(5-12(11)17)15(22)19(14(9)21)7-13(20)18-6-8-2-1-3-23-8/h1-5H,6-7H2,(H,18,20). The molecular weight excluding hydrogens is 343 g/mol. The SMILES string of the molecule is O=C(CN1C(=O)c2cc(Cl)c(Cl)cc2C1=O)NCc1ccco1. The van der Waals surface area contributed by atoms with Crippen LogP contribution in [0.15, 0.2) is 34.9 Å². The zero-order valence-corrected chi connectivity index (χ0v) is 13.1. The molecule has 1 N–H and O–H groups in total. The minimum atomic E-state index is -0.572. The van der Waals surface area contributed by atoms with Crippen LogP contribution in [0.3, 0.4) is 0 Å². The molecule has 0 saturated carbocycles. The van der Waals surface area contributed by atoms with Gasteiger partial charge in [0.25, 0.3) is 11.8 Å². The Morgan fingerprint density at radius 1 is 1.13 bits per heavy atom. The third-order valence-corrected chi connectivity index (χ3v) is 4.08. The smallest absolute Gasteiger partial charge is 0.262 e. The number of amides is 3. The predicted molar refractivity (Wildman–Crippen MR) is 82.4 cm³/mol. The molecule has 118 valence electrons. The van der Waals surface area contributed by atoms with Gasteiger partial charge < -0.3 is 9.73 Å². The van der Waals surface area contributed by atoms with E-state index in [2.05, 4.69) is 5.32 Å². The van der Waals surface area contributed by atoms with E-state index in [1.54, 1.807) is 12.1 Å². The van der Waals surface area contributed by atoms with E-state index < -0.39 is 17.7 Å². The van der Waals surface area contributed by atoms with E-state index in [1.807, 2.05) is 0 Å². The normalized spacial score (nSPS) is 13.4. The lowest BCUT2D eigenvalue weighted by Crippen LogP contribution is -2.40. The first kappa shape index (κ1) is 15.6. The largest absolute Gasteiger partial charge is 0.467 e. The fourth-order valence-corrected chi connectivity index (χ4v) is 2.55. The molecule has 1 aromatic heterocycles. The molecule has 1 aromatic carbocycles. The summed E-state index contributed by atoms with van der Waals surface area (Å²) in [5, 5.41) is 2.92. The Kier molecular flexibility index (Phi) is 4.11. The van der Waals surface area contributed by atoms with Crippen molar-refractivity contribution in [1.82, 2.24) is 10.2 Å². The van der Waals surface area contributed by atoms with Crippen molar-refractivity contribution in [2.45, 2.75) is 6.54 Å². The first-order valence-electron chi connectivity index (χ1n) is 6.61. The molecule has 8 heteroatoms. The Morgan fingerprint density at radius 2 is 1.74 bits per heavy atom. The van der Waals surface area contributed by atoms with Gasteiger partial charge in [-0.3, -0.25) is 19.3 Å². The molecule has 0 fully saturated rings. The zero-order valence-electron chi connectivity index (χ0n) is 11.6. The summed E-state index contributed by atoms with van der Waals surface area (Å²) < 4.78 is 5.08. The summed E-state index contributed by atoms with van der Waals surface area (Å²) in [5.74, 6) is -1.05. The van der Waals surface area contributed by atoms with E-state index in [4.69, 9.17) is 27.6 Å². The van der Waals surface area contributed by atoms with Crippen LogP contribution in [0.2, 0.25) is 10.0 Å². The van der Waals surface area contributed by atoms with Crippen molar-refractivity contribution in [2.75, 3.05) is 6.54 Å². The quantitative estimate of drug-likeness (QED) is 0.857. The van der Waals surface area contributed by atoms with Crippen LogP contribution in [0, 0.1) is 0 Å². The van der Waals surface area contributed by atoms with Crippen LogP contribution < -0.4 is 5.32 Å². The highest BCUT2D eigenvalue weighted by molar-refractivity contribution is 6.43. The maximum absolute atomic E-state index is 12.2. The Morgan fingerprint density at radius 3 is 2.26 bits per heavy atom. The second kappa shape index (κ2) is 6.06. The van der Waals surface area contributed by atoms with Crippen molar-refractivity contribution >= 4 is 40.9 Å². The van der Waals surface area contributed by atoms with Crippen LogP contribution in [0.1, 0.15) is 26.5 Å². The van der Waals surface area contributed by atoms with Crippen LogP contribution >= 0.6 is 23.2 Å². The van der Waals surface area contributed by atoms with Crippen molar-refractivity contribution in [2.24, 2.45) is 0 Å². The lowest BCUT2D eigenvalue weighted by atomic mass is 10.1. The molecule has 3 rings (SSSR count). The van der Waals surface area contributed by atoms with Crippen LogP contribution in [0.4, 0.5) is 0 Å². The number of carbonyl (C=O) groups is 3. The van der Waals surface area contributed by atoms with Gasteiger partial charge in [0.05, 0.1) is 34.0 Å². The molecule has 23 heavy (non-hydrogen) atoms.